The standard InChI is InChI=1S/C22H16ClN3O2/c23-18-13-11-17(12-14-18)20-21(26-28-25-20)24-22(27)19(15-7-3-1-4-8-15)16-9-5-2-6-10-16/h1-14,19H,(H,24,26,27). The largest absolute Gasteiger partial charge is 0.305 e. The summed E-state index contributed by atoms with van der Waals surface area (Å²) in [5.41, 5.74) is 2.97. The Morgan fingerprint density at radius 3 is 1.96 bits per heavy atom. The molecule has 0 bridgehead atoms. The number of aromatic nitrogens is 2. The van der Waals surface area contributed by atoms with E-state index in [0.717, 1.165) is 16.7 Å². The SMILES string of the molecule is O=C(Nc1nonc1-c1ccc(Cl)cc1)C(c1ccccc1)c1ccccc1. The molecule has 1 aromatic heterocycles. The fourth-order valence-corrected chi connectivity index (χ4v) is 3.17. The second-order valence-electron chi connectivity index (χ2n) is 6.21. The minimum Gasteiger partial charge on any atom is -0.305 e. The third-order valence-electron chi connectivity index (χ3n) is 4.38. The van der Waals surface area contributed by atoms with E-state index >= 15 is 0 Å². The maximum Gasteiger partial charge on any atom is 0.237 e. The van der Waals surface area contributed by atoms with Crippen LogP contribution in [-0.4, -0.2) is 16.2 Å². The van der Waals surface area contributed by atoms with Crippen molar-refractivity contribution in [2.45, 2.75) is 5.92 Å². The molecular formula is C22H16ClN3O2. The van der Waals surface area contributed by atoms with Crippen LogP contribution in [0.4, 0.5) is 5.82 Å². The summed E-state index contributed by atoms with van der Waals surface area (Å²) in [5.74, 6) is -0.440. The lowest BCUT2D eigenvalue weighted by Crippen LogP contribution is -2.22. The minimum atomic E-state index is -0.489. The Bertz CT molecular complexity index is 1020. The van der Waals surface area contributed by atoms with Crippen molar-refractivity contribution in [2.24, 2.45) is 0 Å². The zero-order valence-electron chi connectivity index (χ0n) is 14.7. The highest BCUT2D eigenvalue weighted by molar-refractivity contribution is 6.30. The molecular weight excluding hydrogens is 374 g/mol. The van der Waals surface area contributed by atoms with Gasteiger partial charge in [-0.25, -0.2) is 4.63 Å². The zero-order valence-corrected chi connectivity index (χ0v) is 15.5. The number of halogens is 1. The van der Waals surface area contributed by atoms with Crippen LogP contribution in [0.5, 0.6) is 0 Å². The summed E-state index contributed by atoms with van der Waals surface area (Å²) in [6.45, 7) is 0. The molecule has 0 aliphatic heterocycles. The Labute approximate surface area is 166 Å². The van der Waals surface area contributed by atoms with Crippen LogP contribution in [-0.2, 0) is 4.79 Å². The first kappa shape index (κ1) is 17.9. The molecule has 0 spiro atoms. The van der Waals surface area contributed by atoms with Crippen LogP contribution in [0.15, 0.2) is 89.6 Å². The van der Waals surface area contributed by atoms with Gasteiger partial charge in [0.1, 0.15) is 0 Å². The van der Waals surface area contributed by atoms with Gasteiger partial charge in [-0.1, -0.05) is 84.4 Å². The Morgan fingerprint density at radius 2 is 1.39 bits per heavy atom. The van der Waals surface area contributed by atoms with Crippen molar-refractivity contribution < 1.29 is 9.42 Å². The summed E-state index contributed by atoms with van der Waals surface area (Å²) in [6, 6.07) is 26.3. The molecule has 138 valence electrons. The van der Waals surface area contributed by atoms with Gasteiger partial charge in [0.25, 0.3) is 0 Å². The highest BCUT2D eigenvalue weighted by Crippen LogP contribution is 2.29. The van der Waals surface area contributed by atoms with E-state index in [2.05, 4.69) is 15.6 Å². The van der Waals surface area contributed by atoms with E-state index in [-0.39, 0.29) is 11.7 Å². The van der Waals surface area contributed by atoms with Crippen LogP contribution >= 0.6 is 11.6 Å². The molecule has 4 aromatic rings. The third-order valence-corrected chi connectivity index (χ3v) is 4.63. The summed E-state index contributed by atoms with van der Waals surface area (Å²) >= 11 is 5.95. The Hall–Kier alpha value is -3.44. The summed E-state index contributed by atoms with van der Waals surface area (Å²) in [6.07, 6.45) is 0. The average molecular weight is 390 g/mol. The van der Waals surface area contributed by atoms with E-state index in [0.29, 0.717) is 10.7 Å². The molecule has 0 saturated heterocycles. The molecule has 0 aliphatic carbocycles. The van der Waals surface area contributed by atoms with Crippen molar-refractivity contribution in [1.82, 2.24) is 10.3 Å². The predicted octanol–water partition coefficient (Wildman–Crippen LogP) is 5.16. The van der Waals surface area contributed by atoms with E-state index in [1.54, 1.807) is 24.3 Å². The van der Waals surface area contributed by atoms with Gasteiger partial charge in [-0.05, 0) is 33.6 Å². The third kappa shape index (κ3) is 3.80. The van der Waals surface area contributed by atoms with Crippen LogP contribution in [0.1, 0.15) is 17.0 Å². The summed E-state index contributed by atoms with van der Waals surface area (Å²) < 4.78 is 4.87. The van der Waals surface area contributed by atoms with Crippen LogP contribution < -0.4 is 5.32 Å². The number of anilines is 1. The highest BCUT2D eigenvalue weighted by atomic mass is 35.5. The molecule has 1 amide bonds. The quantitative estimate of drug-likeness (QED) is 0.512. The van der Waals surface area contributed by atoms with Crippen LogP contribution in [0.3, 0.4) is 0 Å². The topological polar surface area (TPSA) is 68.0 Å². The number of amides is 1. The van der Waals surface area contributed by atoms with Gasteiger partial charge in [-0.15, -0.1) is 0 Å². The lowest BCUT2D eigenvalue weighted by Gasteiger charge is -2.17. The van der Waals surface area contributed by atoms with Gasteiger partial charge in [0.15, 0.2) is 5.69 Å². The molecule has 3 aromatic carbocycles. The normalized spacial score (nSPS) is 10.8. The molecule has 1 heterocycles. The number of nitrogens with one attached hydrogen (secondary N) is 1. The molecule has 1 N–H and O–H groups in total. The van der Waals surface area contributed by atoms with Crippen molar-refractivity contribution in [3.63, 3.8) is 0 Å². The molecule has 0 fully saturated rings. The number of hydrogen-bond donors (Lipinski definition) is 1. The molecule has 0 atom stereocenters. The number of benzene rings is 3. The molecule has 0 aliphatic rings. The van der Waals surface area contributed by atoms with E-state index in [9.17, 15) is 4.79 Å². The summed E-state index contributed by atoms with van der Waals surface area (Å²) in [7, 11) is 0. The first-order valence-electron chi connectivity index (χ1n) is 8.71. The van der Waals surface area contributed by atoms with Gasteiger partial charge in [-0.3, -0.25) is 4.79 Å². The van der Waals surface area contributed by atoms with Crippen molar-refractivity contribution in [3.8, 4) is 11.3 Å². The second-order valence-corrected chi connectivity index (χ2v) is 6.65. The predicted molar refractivity (Wildman–Crippen MR) is 108 cm³/mol. The fraction of sp³-hybridized carbons (Fsp3) is 0.0455. The summed E-state index contributed by atoms with van der Waals surface area (Å²) in [4.78, 5) is 13.2. The molecule has 0 saturated carbocycles. The van der Waals surface area contributed by atoms with Gasteiger partial charge in [-0.2, -0.15) is 0 Å². The molecule has 28 heavy (non-hydrogen) atoms. The van der Waals surface area contributed by atoms with Crippen molar-refractivity contribution in [2.75, 3.05) is 5.32 Å². The first-order valence-corrected chi connectivity index (χ1v) is 9.09. The lowest BCUT2D eigenvalue weighted by atomic mass is 9.90. The fourth-order valence-electron chi connectivity index (χ4n) is 3.04. The number of hydrogen-bond acceptors (Lipinski definition) is 4. The molecule has 0 unspecified atom stereocenters. The number of carbonyl (C=O) groups excluding carboxylic acids is 1. The maximum atomic E-state index is 13.2. The van der Waals surface area contributed by atoms with Gasteiger partial charge in [0.05, 0.1) is 5.92 Å². The van der Waals surface area contributed by atoms with Crippen molar-refractivity contribution in [1.29, 1.82) is 0 Å². The monoisotopic (exact) mass is 389 g/mol. The van der Waals surface area contributed by atoms with Crippen molar-refractivity contribution >= 4 is 23.3 Å². The second kappa shape index (κ2) is 8.06. The molecule has 0 radical (unpaired) electrons. The molecule has 5 nitrogen and oxygen atoms in total. The molecule has 4 rings (SSSR count). The summed E-state index contributed by atoms with van der Waals surface area (Å²) in [5, 5.41) is 11.3. The number of nitrogens with zero attached hydrogens (tertiary/aromatic N) is 2. The van der Waals surface area contributed by atoms with Gasteiger partial charge in [0, 0.05) is 10.6 Å². The zero-order chi connectivity index (χ0) is 19.3. The lowest BCUT2D eigenvalue weighted by molar-refractivity contribution is -0.116. The van der Waals surface area contributed by atoms with Crippen LogP contribution in [0.25, 0.3) is 11.3 Å². The smallest absolute Gasteiger partial charge is 0.237 e. The van der Waals surface area contributed by atoms with E-state index in [1.807, 2.05) is 60.7 Å². The first-order chi connectivity index (χ1) is 13.7. The van der Waals surface area contributed by atoms with Crippen LogP contribution in [0.2, 0.25) is 5.02 Å². The van der Waals surface area contributed by atoms with E-state index in [1.165, 1.54) is 0 Å². The molecule has 6 heteroatoms. The Morgan fingerprint density at radius 1 is 0.821 bits per heavy atom. The number of rotatable bonds is 5. The maximum absolute atomic E-state index is 13.2. The van der Waals surface area contributed by atoms with Gasteiger partial charge >= 0.3 is 0 Å². The van der Waals surface area contributed by atoms with Crippen LogP contribution in [0, 0.1) is 0 Å². The highest BCUT2D eigenvalue weighted by Gasteiger charge is 2.25. The Kier molecular flexibility index (Phi) is 5.17. The van der Waals surface area contributed by atoms with Gasteiger partial charge in [0.2, 0.25) is 11.7 Å². The Balaban J connectivity index is 1.66. The van der Waals surface area contributed by atoms with E-state index in [4.69, 9.17) is 16.2 Å². The van der Waals surface area contributed by atoms with Gasteiger partial charge < -0.3 is 5.32 Å². The average Bonchev–Trinajstić information content (AvgIpc) is 3.18. The van der Waals surface area contributed by atoms with E-state index < -0.39 is 5.92 Å². The number of carbonyl (C=O) groups is 1. The minimum absolute atomic E-state index is 0.219. The van der Waals surface area contributed by atoms with Crippen molar-refractivity contribution in [3.05, 3.63) is 101 Å².